The van der Waals surface area contributed by atoms with E-state index in [1.54, 1.807) is 0 Å². The Kier molecular flexibility index (Phi) is 4.16. The third kappa shape index (κ3) is 4.51. The van der Waals surface area contributed by atoms with Gasteiger partial charge in [-0.2, -0.15) is 0 Å². The topological polar surface area (TPSA) is 40.6 Å². The molecule has 1 aliphatic carbocycles. The fourth-order valence-corrected chi connectivity index (χ4v) is 2.49. The Balaban J connectivity index is 1.87. The molecule has 0 spiro atoms. The molecule has 108 valence electrons. The molecular weight excluding hydrogens is 240 g/mol. The predicted octanol–water partition coefficient (Wildman–Crippen LogP) is 1.89. The van der Waals surface area contributed by atoms with Crippen molar-refractivity contribution in [3.63, 3.8) is 0 Å². The number of nitrogens with zero attached hydrogens (tertiary/aromatic N) is 2. The molecule has 0 unspecified atom stereocenters. The van der Waals surface area contributed by atoms with Gasteiger partial charge in [-0.1, -0.05) is 20.8 Å². The molecule has 2 amide bonds. The van der Waals surface area contributed by atoms with E-state index in [9.17, 15) is 9.59 Å². The van der Waals surface area contributed by atoms with Crippen molar-refractivity contribution in [3.05, 3.63) is 0 Å². The second-order valence-electron chi connectivity index (χ2n) is 7.15. The van der Waals surface area contributed by atoms with Crippen molar-refractivity contribution in [1.82, 2.24) is 9.80 Å². The quantitative estimate of drug-likeness (QED) is 0.782. The van der Waals surface area contributed by atoms with Crippen LogP contribution in [0.25, 0.3) is 0 Å². The van der Waals surface area contributed by atoms with Gasteiger partial charge in [0.1, 0.15) is 0 Å². The van der Waals surface area contributed by atoms with Crippen LogP contribution in [0.15, 0.2) is 0 Å². The van der Waals surface area contributed by atoms with Crippen LogP contribution in [0.4, 0.5) is 0 Å². The van der Waals surface area contributed by atoms with Gasteiger partial charge in [0.15, 0.2) is 0 Å². The molecule has 1 heterocycles. The van der Waals surface area contributed by atoms with Crippen LogP contribution in [0.2, 0.25) is 0 Å². The minimum absolute atomic E-state index is 0.0150. The van der Waals surface area contributed by atoms with Crippen LogP contribution < -0.4 is 0 Å². The van der Waals surface area contributed by atoms with Crippen LogP contribution in [0.5, 0.6) is 0 Å². The van der Waals surface area contributed by atoms with Gasteiger partial charge in [0.05, 0.1) is 0 Å². The standard InChI is InChI=1S/C15H26N2O2/c1-15(2,3)10-14(19)16-7-6-13(18)17(9-8-16)11-12-4-5-12/h12H,4-11H2,1-3H3. The molecule has 1 aliphatic heterocycles. The molecule has 0 bridgehead atoms. The number of hydrogen-bond acceptors (Lipinski definition) is 2. The molecule has 0 N–H and O–H groups in total. The Hall–Kier alpha value is -1.06. The molecule has 4 nitrogen and oxygen atoms in total. The van der Waals surface area contributed by atoms with Crippen molar-refractivity contribution in [2.24, 2.45) is 11.3 Å². The van der Waals surface area contributed by atoms with E-state index < -0.39 is 0 Å². The van der Waals surface area contributed by atoms with Crippen molar-refractivity contribution >= 4 is 11.8 Å². The van der Waals surface area contributed by atoms with Gasteiger partial charge in [-0.3, -0.25) is 9.59 Å². The lowest BCUT2D eigenvalue weighted by molar-refractivity contribution is -0.132. The first-order valence-corrected chi connectivity index (χ1v) is 7.41. The van der Waals surface area contributed by atoms with Gasteiger partial charge in [0, 0.05) is 39.0 Å². The normalized spacial score (nSPS) is 21.5. The Morgan fingerprint density at radius 1 is 1.21 bits per heavy atom. The lowest BCUT2D eigenvalue weighted by Crippen LogP contribution is -2.37. The van der Waals surface area contributed by atoms with Crippen LogP contribution >= 0.6 is 0 Å². The van der Waals surface area contributed by atoms with Crippen molar-refractivity contribution < 1.29 is 9.59 Å². The molecule has 19 heavy (non-hydrogen) atoms. The second-order valence-corrected chi connectivity index (χ2v) is 7.15. The van der Waals surface area contributed by atoms with Crippen molar-refractivity contribution in [2.45, 2.75) is 46.5 Å². The largest absolute Gasteiger partial charge is 0.341 e. The smallest absolute Gasteiger partial charge is 0.224 e. The summed E-state index contributed by atoms with van der Waals surface area (Å²) in [5.74, 6) is 1.13. The molecule has 0 aromatic carbocycles. The number of carbonyl (C=O) groups is 2. The van der Waals surface area contributed by atoms with Gasteiger partial charge in [-0.05, 0) is 24.2 Å². The third-order valence-electron chi connectivity index (χ3n) is 3.80. The van der Waals surface area contributed by atoms with E-state index in [-0.39, 0.29) is 17.2 Å². The van der Waals surface area contributed by atoms with Crippen molar-refractivity contribution in [2.75, 3.05) is 26.2 Å². The Labute approximate surface area is 116 Å². The summed E-state index contributed by atoms with van der Waals surface area (Å²) in [6.45, 7) is 9.14. The molecule has 4 heteroatoms. The first-order valence-electron chi connectivity index (χ1n) is 7.41. The monoisotopic (exact) mass is 266 g/mol. The summed E-state index contributed by atoms with van der Waals surface area (Å²) in [5.41, 5.74) is 0.0150. The molecule has 2 rings (SSSR count). The lowest BCUT2D eigenvalue weighted by atomic mass is 9.91. The van der Waals surface area contributed by atoms with E-state index in [1.165, 1.54) is 12.8 Å². The minimum atomic E-state index is 0.0150. The number of hydrogen-bond donors (Lipinski definition) is 0. The molecule has 2 aliphatic rings. The summed E-state index contributed by atoms with van der Waals surface area (Å²) in [4.78, 5) is 28.1. The molecule has 0 radical (unpaired) electrons. The number of amides is 2. The zero-order valence-electron chi connectivity index (χ0n) is 12.4. The van der Waals surface area contributed by atoms with Gasteiger partial charge < -0.3 is 9.80 Å². The fourth-order valence-electron chi connectivity index (χ4n) is 2.49. The van der Waals surface area contributed by atoms with Crippen LogP contribution in [0, 0.1) is 11.3 Å². The summed E-state index contributed by atoms with van der Waals surface area (Å²) in [5, 5.41) is 0. The molecule has 1 saturated heterocycles. The summed E-state index contributed by atoms with van der Waals surface area (Å²) < 4.78 is 0. The zero-order chi connectivity index (χ0) is 14.0. The highest BCUT2D eigenvalue weighted by Gasteiger charge is 2.30. The minimum Gasteiger partial charge on any atom is -0.341 e. The summed E-state index contributed by atoms with van der Waals surface area (Å²) in [6, 6.07) is 0. The van der Waals surface area contributed by atoms with Crippen molar-refractivity contribution in [1.29, 1.82) is 0 Å². The average Bonchev–Trinajstić information content (AvgIpc) is 3.08. The average molecular weight is 266 g/mol. The zero-order valence-corrected chi connectivity index (χ0v) is 12.4. The summed E-state index contributed by atoms with van der Waals surface area (Å²) >= 11 is 0. The second kappa shape index (κ2) is 5.51. The maximum absolute atomic E-state index is 12.2. The first kappa shape index (κ1) is 14.4. The van der Waals surface area contributed by atoms with E-state index in [4.69, 9.17) is 0 Å². The van der Waals surface area contributed by atoms with E-state index in [1.807, 2.05) is 9.80 Å². The highest BCUT2D eigenvalue weighted by atomic mass is 16.2. The Morgan fingerprint density at radius 3 is 2.47 bits per heavy atom. The SMILES string of the molecule is CC(C)(C)CC(=O)N1CCC(=O)N(CC2CC2)CC1. The van der Waals surface area contributed by atoms with E-state index in [0.29, 0.717) is 32.5 Å². The molecular formula is C15H26N2O2. The maximum Gasteiger partial charge on any atom is 0.224 e. The molecule has 0 aromatic heterocycles. The van der Waals surface area contributed by atoms with Gasteiger partial charge in [-0.25, -0.2) is 0 Å². The Bertz CT molecular complexity index is 356. The van der Waals surface area contributed by atoms with Gasteiger partial charge >= 0.3 is 0 Å². The number of rotatable bonds is 3. The van der Waals surface area contributed by atoms with E-state index >= 15 is 0 Å². The van der Waals surface area contributed by atoms with Gasteiger partial charge in [-0.15, -0.1) is 0 Å². The van der Waals surface area contributed by atoms with E-state index in [2.05, 4.69) is 20.8 Å². The molecule has 2 fully saturated rings. The lowest BCUT2D eigenvalue weighted by Gasteiger charge is -2.25. The number of carbonyl (C=O) groups excluding carboxylic acids is 2. The first-order chi connectivity index (χ1) is 8.85. The molecule has 0 aromatic rings. The predicted molar refractivity (Wildman–Crippen MR) is 74.6 cm³/mol. The summed E-state index contributed by atoms with van der Waals surface area (Å²) in [7, 11) is 0. The van der Waals surface area contributed by atoms with Crippen LogP contribution in [-0.4, -0.2) is 47.8 Å². The van der Waals surface area contributed by atoms with Crippen LogP contribution in [0.1, 0.15) is 46.5 Å². The fraction of sp³-hybridized carbons (Fsp3) is 0.867. The van der Waals surface area contributed by atoms with Crippen LogP contribution in [-0.2, 0) is 9.59 Å². The van der Waals surface area contributed by atoms with E-state index in [0.717, 1.165) is 12.5 Å². The Morgan fingerprint density at radius 2 is 1.89 bits per heavy atom. The molecule has 1 saturated carbocycles. The molecule has 0 atom stereocenters. The van der Waals surface area contributed by atoms with Crippen LogP contribution in [0.3, 0.4) is 0 Å². The highest BCUT2D eigenvalue weighted by molar-refractivity contribution is 5.80. The maximum atomic E-state index is 12.2. The summed E-state index contributed by atoms with van der Waals surface area (Å²) in [6.07, 6.45) is 3.57. The van der Waals surface area contributed by atoms with Crippen molar-refractivity contribution in [3.8, 4) is 0 Å². The van der Waals surface area contributed by atoms with Gasteiger partial charge in [0.25, 0.3) is 0 Å². The third-order valence-corrected chi connectivity index (χ3v) is 3.80. The highest BCUT2D eigenvalue weighted by Crippen LogP contribution is 2.30. The van der Waals surface area contributed by atoms with Gasteiger partial charge in [0.2, 0.25) is 11.8 Å².